The zero-order valence-corrected chi connectivity index (χ0v) is 18.0. The summed E-state index contributed by atoms with van der Waals surface area (Å²) >= 11 is 0. The minimum absolute atomic E-state index is 0.0165. The number of halogens is 1. The van der Waals surface area contributed by atoms with Crippen LogP contribution in [-0.2, 0) is 6.42 Å². The number of piperazine rings is 1. The van der Waals surface area contributed by atoms with E-state index in [1.165, 1.54) is 7.05 Å². The van der Waals surface area contributed by atoms with Gasteiger partial charge in [-0.1, -0.05) is 6.92 Å². The molecule has 2 aromatic heterocycles. The van der Waals surface area contributed by atoms with Gasteiger partial charge >= 0.3 is 0 Å². The average molecular weight is 429 g/mol. The zero-order chi connectivity index (χ0) is 22.0. The Morgan fingerprint density at radius 3 is 2.61 bits per heavy atom. The number of nitrogens with zero attached hydrogens (tertiary/aromatic N) is 4. The third-order valence-electron chi connectivity index (χ3n) is 6.41. The van der Waals surface area contributed by atoms with Crippen molar-refractivity contribution in [1.82, 2.24) is 25.2 Å². The number of rotatable bonds is 6. The first-order valence-electron chi connectivity index (χ1n) is 10.9. The summed E-state index contributed by atoms with van der Waals surface area (Å²) in [7, 11) is 1.50. The minimum Gasteiger partial charge on any atom is -0.365 e. The van der Waals surface area contributed by atoms with Crippen LogP contribution < -0.4 is 15.8 Å². The molecule has 1 aliphatic carbocycles. The van der Waals surface area contributed by atoms with Crippen molar-refractivity contribution in [2.24, 2.45) is 5.92 Å². The number of H-pyrrole nitrogens is 1. The molecule has 0 unspecified atom stereocenters. The lowest BCUT2D eigenvalue weighted by Crippen LogP contribution is -2.49. The Hall–Kier alpha value is -2.81. The van der Waals surface area contributed by atoms with Crippen molar-refractivity contribution in [3.05, 3.63) is 51.7 Å². The van der Waals surface area contributed by atoms with Gasteiger partial charge in [-0.15, -0.1) is 0 Å². The predicted octanol–water partition coefficient (Wildman–Crippen LogP) is 1.54. The quantitative estimate of drug-likeness (QED) is 0.678. The van der Waals surface area contributed by atoms with E-state index in [-0.39, 0.29) is 11.3 Å². The largest absolute Gasteiger partial charge is 0.365 e. The Morgan fingerprint density at radius 2 is 2.00 bits per heavy atom. The number of aromatic amines is 1. The maximum absolute atomic E-state index is 14.4. The van der Waals surface area contributed by atoms with Crippen LogP contribution in [0.4, 0.5) is 10.1 Å². The Morgan fingerprint density at radius 1 is 1.26 bits per heavy atom. The molecule has 2 N–H and O–H groups in total. The van der Waals surface area contributed by atoms with Gasteiger partial charge in [0, 0.05) is 57.4 Å². The summed E-state index contributed by atoms with van der Waals surface area (Å²) < 4.78 is 14.4. The Labute approximate surface area is 180 Å². The number of hydrogen-bond acceptors (Lipinski definition) is 6. The van der Waals surface area contributed by atoms with Gasteiger partial charge in [-0.25, -0.2) is 9.97 Å². The van der Waals surface area contributed by atoms with E-state index in [1.54, 1.807) is 18.3 Å². The molecule has 9 heteroatoms. The molecule has 1 saturated carbocycles. The number of nitrogens with one attached hydrogen (secondary N) is 2. The van der Waals surface area contributed by atoms with Crippen molar-refractivity contribution in [2.75, 3.05) is 44.7 Å². The number of hydrogen-bond donors (Lipinski definition) is 2. The molecular weight excluding hydrogens is 399 g/mol. The van der Waals surface area contributed by atoms with Crippen molar-refractivity contribution in [3.8, 4) is 0 Å². The topological polar surface area (TPSA) is 94.2 Å². The van der Waals surface area contributed by atoms with Crippen LogP contribution in [0.5, 0.6) is 0 Å². The fourth-order valence-electron chi connectivity index (χ4n) is 4.46. The summed E-state index contributed by atoms with van der Waals surface area (Å²) in [6, 6.07) is 3.19. The summed E-state index contributed by atoms with van der Waals surface area (Å²) in [5.41, 5.74) is 1.24. The number of carbonyl (C=O) groups excluding carboxylic acids is 1. The molecule has 0 bridgehead atoms. The normalized spacial score (nSPS) is 21.6. The van der Waals surface area contributed by atoms with E-state index in [0.717, 1.165) is 57.0 Å². The lowest BCUT2D eigenvalue weighted by atomic mass is 9.74. The molecule has 1 amide bonds. The first kappa shape index (κ1) is 21.4. The summed E-state index contributed by atoms with van der Waals surface area (Å²) in [6.07, 6.45) is 4.47. The van der Waals surface area contributed by atoms with E-state index >= 15 is 0 Å². The van der Waals surface area contributed by atoms with Gasteiger partial charge in [0.2, 0.25) is 5.95 Å². The standard InChI is InChI=1S/C22H29FN6O2/c1-3-15-12-25-20(27-21(15)30)16-10-14(11-16)13-28-6-8-29(9-7-28)18-5-4-17(22(31)24-2)26-19(18)23/h4-5,12,14,16H,3,6-11,13H2,1-2H3,(H,24,31)(H,25,27,30). The monoisotopic (exact) mass is 428 g/mol. The van der Waals surface area contributed by atoms with Crippen molar-refractivity contribution in [1.29, 1.82) is 0 Å². The molecule has 3 heterocycles. The number of carbonyl (C=O) groups is 1. The van der Waals surface area contributed by atoms with Crippen LogP contribution >= 0.6 is 0 Å². The van der Waals surface area contributed by atoms with Crippen LogP contribution in [0, 0.1) is 11.9 Å². The lowest BCUT2D eigenvalue weighted by Gasteiger charge is -2.41. The van der Waals surface area contributed by atoms with Gasteiger partial charge in [0.05, 0.1) is 5.69 Å². The number of anilines is 1. The number of pyridine rings is 1. The maximum Gasteiger partial charge on any atom is 0.269 e. The van der Waals surface area contributed by atoms with Crippen LogP contribution in [0.1, 0.15) is 47.6 Å². The molecule has 0 spiro atoms. The Balaban J connectivity index is 1.26. The third-order valence-corrected chi connectivity index (χ3v) is 6.41. The summed E-state index contributed by atoms with van der Waals surface area (Å²) in [5.74, 6) is 0.745. The fourth-order valence-corrected chi connectivity index (χ4v) is 4.46. The molecule has 1 aliphatic heterocycles. The van der Waals surface area contributed by atoms with Crippen LogP contribution in [0.3, 0.4) is 0 Å². The van der Waals surface area contributed by atoms with Gasteiger partial charge in [-0.3, -0.25) is 14.5 Å². The molecule has 4 rings (SSSR count). The summed E-state index contributed by atoms with van der Waals surface area (Å²) in [4.78, 5) is 39.2. The molecule has 1 saturated heterocycles. The number of aromatic nitrogens is 3. The second-order valence-electron chi connectivity index (χ2n) is 8.38. The molecule has 0 aromatic carbocycles. The fraction of sp³-hybridized carbons (Fsp3) is 0.545. The van der Waals surface area contributed by atoms with E-state index in [9.17, 15) is 14.0 Å². The highest BCUT2D eigenvalue weighted by Crippen LogP contribution is 2.40. The number of amides is 1. The van der Waals surface area contributed by atoms with E-state index < -0.39 is 11.9 Å². The second-order valence-corrected chi connectivity index (χ2v) is 8.38. The highest BCUT2D eigenvalue weighted by Gasteiger charge is 2.34. The molecule has 0 atom stereocenters. The van der Waals surface area contributed by atoms with Crippen molar-refractivity contribution < 1.29 is 9.18 Å². The lowest BCUT2D eigenvalue weighted by molar-refractivity contribution is 0.0957. The molecule has 2 aromatic rings. The maximum atomic E-state index is 14.4. The van der Waals surface area contributed by atoms with E-state index in [2.05, 4.69) is 25.2 Å². The van der Waals surface area contributed by atoms with Gasteiger partial charge < -0.3 is 15.2 Å². The first-order chi connectivity index (χ1) is 15.0. The van der Waals surface area contributed by atoms with Gasteiger partial charge in [0.1, 0.15) is 11.5 Å². The minimum atomic E-state index is -0.605. The second kappa shape index (κ2) is 9.13. The van der Waals surface area contributed by atoms with Gasteiger partial charge in [-0.2, -0.15) is 4.39 Å². The summed E-state index contributed by atoms with van der Waals surface area (Å²) in [6.45, 7) is 6.13. The van der Waals surface area contributed by atoms with Crippen LogP contribution in [0.2, 0.25) is 0 Å². The van der Waals surface area contributed by atoms with Crippen LogP contribution in [0.15, 0.2) is 23.1 Å². The van der Waals surface area contributed by atoms with E-state index in [0.29, 0.717) is 23.9 Å². The summed E-state index contributed by atoms with van der Waals surface area (Å²) in [5, 5.41) is 2.45. The van der Waals surface area contributed by atoms with Gasteiger partial charge in [-0.05, 0) is 37.3 Å². The van der Waals surface area contributed by atoms with Crippen LogP contribution in [-0.4, -0.2) is 65.5 Å². The molecule has 8 nitrogen and oxygen atoms in total. The van der Waals surface area contributed by atoms with Crippen LogP contribution in [0.25, 0.3) is 0 Å². The Bertz CT molecular complexity index is 996. The first-order valence-corrected chi connectivity index (χ1v) is 10.9. The highest BCUT2D eigenvalue weighted by atomic mass is 19.1. The highest BCUT2D eigenvalue weighted by molar-refractivity contribution is 5.92. The number of aryl methyl sites for hydroxylation is 1. The molecule has 2 fully saturated rings. The molecule has 0 radical (unpaired) electrons. The molecule has 2 aliphatic rings. The predicted molar refractivity (Wildman–Crippen MR) is 116 cm³/mol. The van der Waals surface area contributed by atoms with E-state index in [1.807, 2.05) is 11.8 Å². The third kappa shape index (κ3) is 4.61. The van der Waals surface area contributed by atoms with Gasteiger partial charge in [0.25, 0.3) is 11.5 Å². The van der Waals surface area contributed by atoms with Gasteiger partial charge in [0.15, 0.2) is 0 Å². The SMILES string of the molecule is CCc1cnc(C2CC(CN3CCN(c4ccc(C(=O)NC)nc4F)CC3)C2)[nH]c1=O. The average Bonchev–Trinajstić information content (AvgIpc) is 2.76. The molecular formula is C22H29FN6O2. The van der Waals surface area contributed by atoms with E-state index in [4.69, 9.17) is 0 Å². The smallest absolute Gasteiger partial charge is 0.269 e. The van der Waals surface area contributed by atoms with Crippen molar-refractivity contribution in [2.45, 2.75) is 32.1 Å². The zero-order valence-electron chi connectivity index (χ0n) is 18.0. The molecule has 31 heavy (non-hydrogen) atoms. The Kier molecular flexibility index (Phi) is 6.31. The molecule has 166 valence electrons. The van der Waals surface area contributed by atoms with Crippen molar-refractivity contribution >= 4 is 11.6 Å². The van der Waals surface area contributed by atoms with Crippen molar-refractivity contribution in [3.63, 3.8) is 0 Å².